The van der Waals surface area contributed by atoms with E-state index in [1.54, 1.807) is 64.1 Å². The molecule has 0 saturated heterocycles. The Kier molecular flexibility index (Phi) is 6.91. The number of anilines is 1. The highest BCUT2D eigenvalue weighted by Crippen LogP contribution is 2.33. The summed E-state index contributed by atoms with van der Waals surface area (Å²) in [4.78, 5) is 25.1. The Balaban J connectivity index is 1.92. The van der Waals surface area contributed by atoms with Crippen LogP contribution >= 0.6 is 0 Å². The number of amides is 1. The van der Waals surface area contributed by atoms with E-state index in [-0.39, 0.29) is 6.61 Å². The summed E-state index contributed by atoms with van der Waals surface area (Å²) >= 11 is 0. The summed E-state index contributed by atoms with van der Waals surface area (Å²) in [5.41, 5.74) is 3.49. The standard InChI is InChI=1S/C26H24F3NO3/c1-5-33-25(32)20-11-16(3)23(17(4)12-20)30-24(31)22-14-19(10-9-15(22)2)18-7-6-8-21(13-18)26(27,28)29/h6-14H,5H2,1-4H3,(H,30,31). The number of carbonyl (C=O) groups is 2. The highest BCUT2D eigenvalue weighted by Gasteiger charge is 2.30. The van der Waals surface area contributed by atoms with Crippen LogP contribution < -0.4 is 5.32 Å². The average molecular weight is 455 g/mol. The third-order valence-electron chi connectivity index (χ3n) is 5.29. The fourth-order valence-corrected chi connectivity index (χ4v) is 3.60. The monoisotopic (exact) mass is 455 g/mol. The van der Waals surface area contributed by atoms with E-state index in [9.17, 15) is 22.8 Å². The van der Waals surface area contributed by atoms with Crippen molar-refractivity contribution in [2.75, 3.05) is 11.9 Å². The van der Waals surface area contributed by atoms with Crippen molar-refractivity contribution in [3.8, 4) is 11.1 Å². The molecule has 0 bridgehead atoms. The number of carbonyl (C=O) groups excluding carboxylic acids is 2. The van der Waals surface area contributed by atoms with Crippen molar-refractivity contribution in [2.24, 2.45) is 0 Å². The van der Waals surface area contributed by atoms with Crippen LogP contribution in [0.4, 0.5) is 18.9 Å². The van der Waals surface area contributed by atoms with Crippen LogP contribution in [0.15, 0.2) is 54.6 Å². The number of alkyl halides is 3. The van der Waals surface area contributed by atoms with Gasteiger partial charge in [0.05, 0.1) is 17.7 Å². The second-order valence-corrected chi connectivity index (χ2v) is 7.77. The van der Waals surface area contributed by atoms with Crippen LogP contribution in [0.1, 0.15) is 49.9 Å². The van der Waals surface area contributed by atoms with Crippen LogP contribution in [-0.4, -0.2) is 18.5 Å². The minimum atomic E-state index is -4.45. The maximum Gasteiger partial charge on any atom is 0.416 e. The topological polar surface area (TPSA) is 55.4 Å². The second kappa shape index (κ2) is 9.48. The van der Waals surface area contributed by atoms with Gasteiger partial charge >= 0.3 is 12.1 Å². The zero-order chi connectivity index (χ0) is 24.3. The van der Waals surface area contributed by atoms with E-state index in [4.69, 9.17) is 4.74 Å². The molecule has 0 saturated carbocycles. The first kappa shape index (κ1) is 24.0. The number of benzene rings is 3. The van der Waals surface area contributed by atoms with Gasteiger partial charge in [0.25, 0.3) is 5.91 Å². The molecule has 0 aliphatic carbocycles. The number of aryl methyl sites for hydroxylation is 3. The van der Waals surface area contributed by atoms with E-state index in [0.717, 1.165) is 12.1 Å². The van der Waals surface area contributed by atoms with Crippen molar-refractivity contribution in [1.82, 2.24) is 0 Å². The van der Waals surface area contributed by atoms with Gasteiger partial charge in [-0.05, 0) is 85.8 Å². The van der Waals surface area contributed by atoms with Crippen LogP contribution in [0, 0.1) is 20.8 Å². The molecule has 33 heavy (non-hydrogen) atoms. The Morgan fingerprint density at radius 2 is 1.52 bits per heavy atom. The molecule has 3 rings (SSSR count). The van der Waals surface area contributed by atoms with Gasteiger partial charge in [-0.2, -0.15) is 13.2 Å². The SMILES string of the molecule is CCOC(=O)c1cc(C)c(NC(=O)c2cc(-c3cccc(C(F)(F)F)c3)ccc2C)c(C)c1. The lowest BCUT2D eigenvalue weighted by Crippen LogP contribution is -2.16. The zero-order valence-electron chi connectivity index (χ0n) is 18.8. The minimum Gasteiger partial charge on any atom is -0.462 e. The molecule has 0 unspecified atom stereocenters. The Bertz CT molecular complexity index is 1190. The number of ether oxygens (including phenoxy) is 1. The molecule has 0 radical (unpaired) electrons. The van der Waals surface area contributed by atoms with Gasteiger partial charge in [-0.1, -0.05) is 24.3 Å². The highest BCUT2D eigenvalue weighted by atomic mass is 19.4. The van der Waals surface area contributed by atoms with Crippen molar-refractivity contribution in [3.63, 3.8) is 0 Å². The number of rotatable bonds is 5. The van der Waals surface area contributed by atoms with Crippen molar-refractivity contribution in [2.45, 2.75) is 33.9 Å². The van der Waals surface area contributed by atoms with E-state index in [1.165, 1.54) is 6.07 Å². The Hall–Kier alpha value is -3.61. The van der Waals surface area contributed by atoms with Gasteiger partial charge in [-0.25, -0.2) is 4.79 Å². The molecule has 7 heteroatoms. The van der Waals surface area contributed by atoms with E-state index in [2.05, 4.69) is 5.32 Å². The predicted octanol–water partition coefficient (Wildman–Crippen LogP) is 6.73. The fourth-order valence-electron chi connectivity index (χ4n) is 3.60. The first-order chi connectivity index (χ1) is 15.5. The number of hydrogen-bond acceptors (Lipinski definition) is 3. The van der Waals surface area contributed by atoms with Crippen molar-refractivity contribution < 1.29 is 27.5 Å². The van der Waals surface area contributed by atoms with Crippen LogP contribution in [0.5, 0.6) is 0 Å². The molecule has 0 aliphatic heterocycles. The third-order valence-corrected chi connectivity index (χ3v) is 5.29. The lowest BCUT2D eigenvalue weighted by atomic mass is 9.97. The first-order valence-corrected chi connectivity index (χ1v) is 10.4. The quantitative estimate of drug-likeness (QED) is 0.434. The zero-order valence-corrected chi connectivity index (χ0v) is 18.8. The van der Waals surface area contributed by atoms with Gasteiger partial charge in [0.1, 0.15) is 0 Å². The fraction of sp³-hybridized carbons (Fsp3) is 0.231. The van der Waals surface area contributed by atoms with Crippen molar-refractivity contribution in [1.29, 1.82) is 0 Å². The lowest BCUT2D eigenvalue weighted by molar-refractivity contribution is -0.137. The summed E-state index contributed by atoms with van der Waals surface area (Å²) in [6.07, 6.45) is -4.45. The van der Waals surface area contributed by atoms with Gasteiger partial charge in [0.15, 0.2) is 0 Å². The second-order valence-electron chi connectivity index (χ2n) is 7.77. The lowest BCUT2D eigenvalue weighted by Gasteiger charge is -2.15. The van der Waals surface area contributed by atoms with Crippen molar-refractivity contribution >= 4 is 17.6 Å². The molecule has 1 N–H and O–H groups in total. The van der Waals surface area contributed by atoms with Crippen molar-refractivity contribution in [3.05, 3.63) is 88.0 Å². The summed E-state index contributed by atoms with van der Waals surface area (Å²) in [6, 6.07) is 13.3. The third kappa shape index (κ3) is 5.42. The summed E-state index contributed by atoms with van der Waals surface area (Å²) in [7, 11) is 0. The van der Waals surface area contributed by atoms with Crippen LogP contribution in [-0.2, 0) is 10.9 Å². The normalized spacial score (nSPS) is 11.2. The molecular formula is C26H24F3NO3. The molecule has 172 valence electrons. The summed E-state index contributed by atoms with van der Waals surface area (Å²) in [6.45, 7) is 7.29. The average Bonchev–Trinajstić information content (AvgIpc) is 2.76. The molecule has 0 fully saturated rings. The summed E-state index contributed by atoms with van der Waals surface area (Å²) in [5, 5.41) is 2.88. The molecule has 1 amide bonds. The molecule has 4 nitrogen and oxygen atoms in total. The maximum absolute atomic E-state index is 13.1. The van der Waals surface area contributed by atoms with Crippen LogP contribution in [0.3, 0.4) is 0 Å². The molecule has 0 atom stereocenters. The molecule has 3 aromatic rings. The van der Waals surface area contributed by atoms with Gasteiger partial charge in [-0.15, -0.1) is 0 Å². The maximum atomic E-state index is 13.1. The summed E-state index contributed by atoms with van der Waals surface area (Å²) in [5.74, 6) is -0.831. The predicted molar refractivity (Wildman–Crippen MR) is 121 cm³/mol. The Morgan fingerprint density at radius 3 is 2.12 bits per heavy atom. The number of esters is 1. The molecule has 0 aromatic heterocycles. The largest absolute Gasteiger partial charge is 0.462 e. The highest BCUT2D eigenvalue weighted by molar-refractivity contribution is 6.07. The van der Waals surface area contributed by atoms with Gasteiger partial charge < -0.3 is 10.1 Å². The van der Waals surface area contributed by atoms with Crippen LogP contribution in [0.2, 0.25) is 0 Å². The molecule has 0 heterocycles. The van der Waals surface area contributed by atoms with Gasteiger partial charge in [0.2, 0.25) is 0 Å². The van der Waals surface area contributed by atoms with E-state index in [1.807, 2.05) is 0 Å². The van der Waals surface area contributed by atoms with Gasteiger partial charge in [-0.3, -0.25) is 4.79 Å². The summed E-state index contributed by atoms with van der Waals surface area (Å²) < 4.78 is 44.3. The smallest absolute Gasteiger partial charge is 0.416 e. The minimum absolute atomic E-state index is 0.261. The van der Waals surface area contributed by atoms with E-state index in [0.29, 0.717) is 44.6 Å². The number of nitrogens with one attached hydrogen (secondary N) is 1. The molecule has 3 aromatic carbocycles. The van der Waals surface area contributed by atoms with E-state index >= 15 is 0 Å². The number of halogens is 3. The molecular weight excluding hydrogens is 431 g/mol. The van der Waals surface area contributed by atoms with Crippen LogP contribution in [0.25, 0.3) is 11.1 Å². The first-order valence-electron chi connectivity index (χ1n) is 10.4. The molecule has 0 spiro atoms. The van der Waals surface area contributed by atoms with E-state index < -0.39 is 23.6 Å². The van der Waals surface area contributed by atoms with Gasteiger partial charge in [0, 0.05) is 11.3 Å². The number of hydrogen-bond donors (Lipinski definition) is 1. The molecule has 0 aliphatic rings. The Labute approximate surface area is 190 Å². The Morgan fingerprint density at radius 1 is 0.879 bits per heavy atom.